The SMILES string of the molecule is COc1cccc([C@@H](C)NC2CC(C)CC(C)(C)C2)c1. The molecule has 3 atom stereocenters. The van der Waals surface area contributed by atoms with Gasteiger partial charge in [-0.2, -0.15) is 0 Å². The van der Waals surface area contributed by atoms with Gasteiger partial charge in [0, 0.05) is 12.1 Å². The lowest BCUT2D eigenvalue weighted by atomic mass is 9.70. The highest BCUT2D eigenvalue weighted by Gasteiger charge is 2.32. The summed E-state index contributed by atoms with van der Waals surface area (Å²) in [6, 6.07) is 9.38. The van der Waals surface area contributed by atoms with Crippen LogP contribution in [0.25, 0.3) is 0 Å². The average Bonchev–Trinajstić information content (AvgIpc) is 2.36. The highest BCUT2D eigenvalue weighted by molar-refractivity contribution is 5.30. The van der Waals surface area contributed by atoms with E-state index in [1.54, 1.807) is 7.11 Å². The van der Waals surface area contributed by atoms with Crippen molar-refractivity contribution in [2.45, 2.75) is 59.0 Å². The molecule has 0 spiro atoms. The Hall–Kier alpha value is -1.02. The van der Waals surface area contributed by atoms with E-state index in [9.17, 15) is 0 Å². The van der Waals surface area contributed by atoms with Crippen LogP contribution in [-0.4, -0.2) is 13.2 Å². The summed E-state index contributed by atoms with van der Waals surface area (Å²) in [4.78, 5) is 0. The molecule has 2 unspecified atom stereocenters. The minimum Gasteiger partial charge on any atom is -0.497 e. The Bertz CT molecular complexity index is 441. The molecule has 0 amide bonds. The summed E-state index contributed by atoms with van der Waals surface area (Å²) in [5, 5.41) is 3.82. The standard InChI is InChI=1S/C18H29NO/c1-13-9-16(12-18(3,4)11-13)19-14(2)15-7-6-8-17(10-15)20-5/h6-8,10,13-14,16,19H,9,11-12H2,1-5H3/t13?,14-,16?/m1/s1. The molecule has 0 bridgehead atoms. The van der Waals surface area contributed by atoms with E-state index in [1.165, 1.54) is 24.8 Å². The molecule has 1 aromatic carbocycles. The molecule has 0 radical (unpaired) electrons. The summed E-state index contributed by atoms with van der Waals surface area (Å²) < 4.78 is 5.32. The molecular formula is C18H29NO. The van der Waals surface area contributed by atoms with Gasteiger partial charge in [-0.05, 0) is 55.2 Å². The molecular weight excluding hydrogens is 246 g/mol. The number of ether oxygens (including phenoxy) is 1. The van der Waals surface area contributed by atoms with Crippen molar-refractivity contribution in [2.75, 3.05) is 7.11 Å². The average molecular weight is 275 g/mol. The van der Waals surface area contributed by atoms with E-state index in [2.05, 4.69) is 51.2 Å². The highest BCUT2D eigenvalue weighted by atomic mass is 16.5. The smallest absolute Gasteiger partial charge is 0.119 e. The Labute approximate surface area is 123 Å². The summed E-state index contributed by atoms with van der Waals surface area (Å²) >= 11 is 0. The largest absolute Gasteiger partial charge is 0.497 e. The molecule has 0 saturated heterocycles. The quantitative estimate of drug-likeness (QED) is 0.869. The van der Waals surface area contributed by atoms with Crippen LogP contribution >= 0.6 is 0 Å². The third-order valence-corrected chi connectivity index (χ3v) is 4.47. The van der Waals surface area contributed by atoms with Crippen molar-refractivity contribution in [2.24, 2.45) is 11.3 Å². The van der Waals surface area contributed by atoms with Gasteiger partial charge in [0.25, 0.3) is 0 Å². The zero-order valence-electron chi connectivity index (χ0n) is 13.6. The van der Waals surface area contributed by atoms with Crippen LogP contribution in [0, 0.1) is 11.3 Å². The molecule has 1 aliphatic rings. The van der Waals surface area contributed by atoms with Crippen molar-refractivity contribution in [1.29, 1.82) is 0 Å². The third-order valence-electron chi connectivity index (χ3n) is 4.47. The van der Waals surface area contributed by atoms with Crippen LogP contribution in [0.15, 0.2) is 24.3 Å². The first-order valence-electron chi connectivity index (χ1n) is 7.79. The summed E-state index contributed by atoms with van der Waals surface area (Å²) in [5.41, 5.74) is 1.77. The summed E-state index contributed by atoms with van der Waals surface area (Å²) in [6.07, 6.45) is 3.90. The van der Waals surface area contributed by atoms with Crippen molar-refractivity contribution in [1.82, 2.24) is 5.32 Å². The fourth-order valence-corrected chi connectivity index (χ4v) is 3.83. The molecule has 112 valence electrons. The second-order valence-corrected chi connectivity index (χ2v) is 7.28. The molecule has 0 heterocycles. The molecule has 1 saturated carbocycles. The Morgan fingerprint density at radius 2 is 2.05 bits per heavy atom. The normalized spacial score (nSPS) is 27.1. The Kier molecular flexibility index (Phi) is 4.74. The lowest BCUT2D eigenvalue weighted by Crippen LogP contribution is -2.41. The predicted octanol–water partition coefficient (Wildman–Crippen LogP) is 4.56. The zero-order chi connectivity index (χ0) is 14.8. The van der Waals surface area contributed by atoms with Crippen LogP contribution in [0.5, 0.6) is 5.75 Å². The maximum absolute atomic E-state index is 5.32. The minimum absolute atomic E-state index is 0.371. The topological polar surface area (TPSA) is 21.3 Å². The van der Waals surface area contributed by atoms with E-state index >= 15 is 0 Å². The zero-order valence-corrected chi connectivity index (χ0v) is 13.6. The van der Waals surface area contributed by atoms with Gasteiger partial charge in [-0.25, -0.2) is 0 Å². The first-order chi connectivity index (χ1) is 9.39. The summed E-state index contributed by atoms with van der Waals surface area (Å²) in [7, 11) is 1.72. The fourth-order valence-electron chi connectivity index (χ4n) is 3.83. The Balaban J connectivity index is 2.01. The number of nitrogens with one attached hydrogen (secondary N) is 1. The minimum atomic E-state index is 0.371. The molecule has 1 N–H and O–H groups in total. The second-order valence-electron chi connectivity index (χ2n) is 7.28. The van der Waals surface area contributed by atoms with Crippen LogP contribution in [0.3, 0.4) is 0 Å². The molecule has 2 rings (SSSR count). The van der Waals surface area contributed by atoms with E-state index in [0.29, 0.717) is 17.5 Å². The van der Waals surface area contributed by atoms with E-state index in [1.807, 2.05) is 6.07 Å². The summed E-state index contributed by atoms with van der Waals surface area (Å²) in [6.45, 7) is 9.42. The molecule has 2 heteroatoms. The first kappa shape index (κ1) is 15.4. The number of rotatable bonds is 4. The predicted molar refractivity (Wildman–Crippen MR) is 85.1 cm³/mol. The molecule has 1 fully saturated rings. The van der Waals surface area contributed by atoms with E-state index in [4.69, 9.17) is 4.74 Å². The lowest BCUT2D eigenvalue weighted by Gasteiger charge is -2.40. The van der Waals surface area contributed by atoms with Crippen LogP contribution in [0.4, 0.5) is 0 Å². The molecule has 20 heavy (non-hydrogen) atoms. The van der Waals surface area contributed by atoms with Gasteiger partial charge in [-0.15, -0.1) is 0 Å². The van der Waals surface area contributed by atoms with Crippen molar-refractivity contribution in [3.8, 4) is 5.75 Å². The number of benzene rings is 1. The molecule has 0 aromatic heterocycles. The van der Waals surface area contributed by atoms with E-state index in [-0.39, 0.29) is 0 Å². The fraction of sp³-hybridized carbons (Fsp3) is 0.667. The van der Waals surface area contributed by atoms with Crippen molar-refractivity contribution >= 4 is 0 Å². The van der Waals surface area contributed by atoms with Gasteiger partial charge in [-0.3, -0.25) is 0 Å². The van der Waals surface area contributed by atoms with E-state index in [0.717, 1.165) is 11.7 Å². The second kappa shape index (κ2) is 6.17. The maximum Gasteiger partial charge on any atom is 0.119 e. The lowest BCUT2D eigenvalue weighted by molar-refractivity contribution is 0.145. The van der Waals surface area contributed by atoms with E-state index < -0.39 is 0 Å². The van der Waals surface area contributed by atoms with Gasteiger partial charge in [0.05, 0.1) is 7.11 Å². The molecule has 2 nitrogen and oxygen atoms in total. The van der Waals surface area contributed by atoms with Crippen LogP contribution in [-0.2, 0) is 0 Å². The summed E-state index contributed by atoms with van der Waals surface area (Å²) in [5.74, 6) is 1.75. The molecule has 1 aliphatic carbocycles. The molecule has 1 aromatic rings. The molecule has 0 aliphatic heterocycles. The Morgan fingerprint density at radius 1 is 1.30 bits per heavy atom. The van der Waals surface area contributed by atoms with Gasteiger partial charge in [0.15, 0.2) is 0 Å². The number of methoxy groups -OCH3 is 1. The Morgan fingerprint density at radius 3 is 2.70 bits per heavy atom. The number of hydrogen-bond donors (Lipinski definition) is 1. The van der Waals surface area contributed by atoms with Gasteiger partial charge in [0.2, 0.25) is 0 Å². The number of hydrogen-bond acceptors (Lipinski definition) is 2. The monoisotopic (exact) mass is 275 g/mol. The van der Waals surface area contributed by atoms with Gasteiger partial charge < -0.3 is 10.1 Å². The van der Waals surface area contributed by atoms with Crippen molar-refractivity contribution in [3.05, 3.63) is 29.8 Å². The maximum atomic E-state index is 5.32. The van der Waals surface area contributed by atoms with Gasteiger partial charge >= 0.3 is 0 Å². The van der Waals surface area contributed by atoms with Gasteiger partial charge in [0.1, 0.15) is 5.75 Å². The van der Waals surface area contributed by atoms with Crippen LogP contribution < -0.4 is 10.1 Å². The van der Waals surface area contributed by atoms with Gasteiger partial charge in [-0.1, -0.05) is 32.9 Å². The van der Waals surface area contributed by atoms with Crippen molar-refractivity contribution < 1.29 is 4.74 Å². The highest BCUT2D eigenvalue weighted by Crippen LogP contribution is 2.39. The van der Waals surface area contributed by atoms with Crippen LogP contribution in [0.1, 0.15) is 58.6 Å². The van der Waals surface area contributed by atoms with Crippen LogP contribution in [0.2, 0.25) is 0 Å². The van der Waals surface area contributed by atoms with Crippen molar-refractivity contribution in [3.63, 3.8) is 0 Å². The first-order valence-corrected chi connectivity index (χ1v) is 7.79. The third kappa shape index (κ3) is 3.99.